The smallest absolute Gasteiger partial charge is 0.416 e. The number of amides is 1. The largest absolute Gasteiger partial charge is 0.481 e. The van der Waals surface area contributed by atoms with Gasteiger partial charge in [-0.15, -0.1) is 0 Å². The average Bonchev–Trinajstić information content (AvgIpc) is 3.38. The molecule has 1 fully saturated rings. The van der Waals surface area contributed by atoms with E-state index < -0.39 is 29.0 Å². The number of pyridine rings is 1. The number of hydrogen-bond donors (Lipinski definition) is 1. The molecule has 1 saturated carbocycles. The fourth-order valence-electron chi connectivity index (χ4n) is 2.54. The molecule has 8 heteroatoms. The summed E-state index contributed by atoms with van der Waals surface area (Å²) in [5.74, 6) is -2.04. The Labute approximate surface area is 140 Å². The zero-order valence-electron chi connectivity index (χ0n) is 13.2. The maximum atomic E-state index is 14.2. The van der Waals surface area contributed by atoms with Crippen LogP contribution in [0.4, 0.5) is 23.2 Å². The van der Waals surface area contributed by atoms with Crippen LogP contribution in [0.25, 0.3) is 0 Å². The van der Waals surface area contributed by atoms with E-state index in [9.17, 15) is 22.4 Å². The highest BCUT2D eigenvalue weighted by molar-refractivity contribution is 6.04. The first-order valence-electron chi connectivity index (χ1n) is 7.51. The number of nitrogens with zero attached hydrogens (tertiary/aromatic N) is 1. The van der Waals surface area contributed by atoms with Gasteiger partial charge < -0.3 is 10.1 Å². The Morgan fingerprint density at radius 3 is 2.60 bits per heavy atom. The van der Waals surface area contributed by atoms with Crippen LogP contribution < -0.4 is 10.1 Å². The van der Waals surface area contributed by atoms with Gasteiger partial charge in [0.05, 0.1) is 18.2 Å². The standard InChI is InChI=1S/C17H14F4N2O2/c1-25-15-6-10(4-5-22-15)23-16(24)12-7-13(17(19,20)21)11(8-14(12)18)9-2-3-9/h4-9H,2-3H2,1H3,(H,22,23,24). The lowest BCUT2D eigenvalue weighted by Gasteiger charge is -2.15. The summed E-state index contributed by atoms with van der Waals surface area (Å²) >= 11 is 0. The van der Waals surface area contributed by atoms with E-state index >= 15 is 0 Å². The van der Waals surface area contributed by atoms with E-state index in [0.29, 0.717) is 18.9 Å². The molecule has 0 atom stereocenters. The van der Waals surface area contributed by atoms with Crippen LogP contribution in [0, 0.1) is 5.82 Å². The van der Waals surface area contributed by atoms with Crippen LogP contribution in [0.3, 0.4) is 0 Å². The van der Waals surface area contributed by atoms with Crippen LogP contribution in [0.2, 0.25) is 0 Å². The van der Waals surface area contributed by atoms with Crippen molar-refractivity contribution in [1.82, 2.24) is 4.98 Å². The second-order valence-corrected chi connectivity index (χ2v) is 5.73. The molecule has 0 aliphatic heterocycles. The molecular weight excluding hydrogens is 340 g/mol. The molecule has 1 aliphatic rings. The topological polar surface area (TPSA) is 51.2 Å². The first-order valence-corrected chi connectivity index (χ1v) is 7.51. The van der Waals surface area contributed by atoms with Gasteiger partial charge in [0.25, 0.3) is 5.91 Å². The summed E-state index contributed by atoms with van der Waals surface area (Å²) in [6.45, 7) is 0. The Bertz CT molecular complexity index is 817. The van der Waals surface area contributed by atoms with Gasteiger partial charge in [-0.05, 0) is 42.5 Å². The Hall–Kier alpha value is -2.64. The van der Waals surface area contributed by atoms with Crippen LogP contribution in [0.1, 0.15) is 40.2 Å². The van der Waals surface area contributed by atoms with Crippen LogP contribution in [0.5, 0.6) is 5.88 Å². The third-order valence-electron chi connectivity index (χ3n) is 3.91. The second kappa shape index (κ2) is 6.34. The Balaban J connectivity index is 1.94. The van der Waals surface area contributed by atoms with Gasteiger partial charge >= 0.3 is 6.18 Å². The lowest BCUT2D eigenvalue weighted by atomic mass is 9.98. The summed E-state index contributed by atoms with van der Waals surface area (Å²) in [4.78, 5) is 16.1. The van der Waals surface area contributed by atoms with Crippen molar-refractivity contribution < 1.29 is 27.1 Å². The van der Waals surface area contributed by atoms with Crippen LogP contribution in [-0.4, -0.2) is 18.0 Å². The number of methoxy groups -OCH3 is 1. The van der Waals surface area contributed by atoms with Crippen molar-refractivity contribution in [2.45, 2.75) is 24.9 Å². The SMILES string of the molecule is COc1cc(NC(=O)c2cc(C(F)(F)F)c(C3CC3)cc2F)ccn1. The molecule has 0 saturated heterocycles. The molecule has 1 aromatic carbocycles. The predicted octanol–water partition coefficient (Wildman–Crippen LogP) is 4.38. The molecule has 0 unspecified atom stereocenters. The van der Waals surface area contributed by atoms with Crippen LogP contribution in [0.15, 0.2) is 30.5 Å². The number of alkyl halides is 3. The molecule has 1 amide bonds. The Morgan fingerprint density at radius 2 is 2.00 bits per heavy atom. The minimum Gasteiger partial charge on any atom is -0.481 e. The predicted molar refractivity (Wildman–Crippen MR) is 82.1 cm³/mol. The van der Waals surface area contributed by atoms with E-state index in [2.05, 4.69) is 10.3 Å². The summed E-state index contributed by atoms with van der Waals surface area (Å²) in [6.07, 6.45) is -2.13. The fraction of sp³-hybridized carbons (Fsp3) is 0.294. The second-order valence-electron chi connectivity index (χ2n) is 5.73. The third kappa shape index (κ3) is 3.72. The van der Waals surface area contributed by atoms with Gasteiger partial charge in [-0.2, -0.15) is 13.2 Å². The van der Waals surface area contributed by atoms with Gasteiger partial charge in [-0.1, -0.05) is 0 Å². The Kier molecular flexibility index (Phi) is 4.36. The van der Waals surface area contributed by atoms with Crippen LogP contribution in [-0.2, 0) is 6.18 Å². The van der Waals surface area contributed by atoms with Crippen molar-refractivity contribution in [2.24, 2.45) is 0 Å². The molecule has 3 rings (SSSR count). The van der Waals surface area contributed by atoms with Crippen molar-refractivity contribution in [1.29, 1.82) is 0 Å². The molecule has 0 radical (unpaired) electrons. The summed E-state index contributed by atoms with van der Waals surface area (Å²) in [5, 5.41) is 2.35. The molecule has 0 spiro atoms. The van der Waals surface area contributed by atoms with Crippen molar-refractivity contribution in [2.75, 3.05) is 12.4 Å². The number of carbonyl (C=O) groups is 1. The van der Waals surface area contributed by atoms with Crippen LogP contribution >= 0.6 is 0 Å². The Morgan fingerprint density at radius 1 is 1.28 bits per heavy atom. The molecule has 1 N–H and O–H groups in total. The lowest BCUT2D eigenvalue weighted by molar-refractivity contribution is -0.138. The summed E-state index contributed by atoms with van der Waals surface area (Å²) in [6, 6.07) is 4.19. The molecule has 25 heavy (non-hydrogen) atoms. The molecule has 132 valence electrons. The molecule has 2 aromatic rings. The highest BCUT2D eigenvalue weighted by atomic mass is 19.4. The number of carbonyl (C=O) groups excluding carboxylic acids is 1. The zero-order chi connectivity index (χ0) is 18.2. The van der Waals surface area contributed by atoms with Crippen molar-refractivity contribution >= 4 is 11.6 Å². The van der Waals surface area contributed by atoms with Crippen molar-refractivity contribution in [3.63, 3.8) is 0 Å². The van der Waals surface area contributed by atoms with E-state index in [1.54, 1.807) is 0 Å². The van der Waals surface area contributed by atoms with Crippen molar-refractivity contribution in [3.05, 3.63) is 53.0 Å². The summed E-state index contributed by atoms with van der Waals surface area (Å²) < 4.78 is 58.9. The maximum absolute atomic E-state index is 14.2. The lowest BCUT2D eigenvalue weighted by Crippen LogP contribution is -2.17. The monoisotopic (exact) mass is 354 g/mol. The average molecular weight is 354 g/mol. The van der Waals surface area contributed by atoms with E-state index in [1.165, 1.54) is 25.4 Å². The van der Waals surface area contributed by atoms with Gasteiger partial charge in [0.1, 0.15) is 5.82 Å². The number of ether oxygens (including phenoxy) is 1. The number of halogens is 4. The highest BCUT2D eigenvalue weighted by Gasteiger charge is 2.39. The van der Waals surface area contributed by atoms with Gasteiger partial charge in [0.15, 0.2) is 0 Å². The molecule has 1 aromatic heterocycles. The number of benzene rings is 1. The van der Waals surface area contributed by atoms with E-state index in [0.717, 1.165) is 6.07 Å². The van der Waals surface area contributed by atoms with E-state index in [1.807, 2.05) is 0 Å². The third-order valence-corrected chi connectivity index (χ3v) is 3.91. The number of aromatic nitrogens is 1. The maximum Gasteiger partial charge on any atom is 0.416 e. The van der Waals surface area contributed by atoms with Gasteiger partial charge in [0, 0.05) is 18.0 Å². The minimum atomic E-state index is -4.65. The first-order chi connectivity index (χ1) is 11.8. The minimum absolute atomic E-state index is 0.0906. The molecule has 1 heterocycles. The molecular formula is C17H14F4N2O2. The number of rotatable bonds is 4. The summed E-state index contributed by atoms with van der Waals surface area (Å²) in [7, 11) is 1.37. The normalized spacial score (nSPS) is 14.3. The van der Waals surface area contributed by atoms with Gasteiger partial charge in [-0.25, -0.2) is 9.37 Å². The molecule has 0 bridgehead atoms. The van der Waals surface area contributed by atoms with Gasteiger partial charge in [0.2, 0.25) is 5.88 Å². The fourth-order valence-corrected chi connectivity index (χ4v) is 2.54. The van der Waals surface area contributed by atoms with E-state index in [-0.39, 0.29) is 23.0 Å². The number of hydrogen-bond acceptors (Lipinski definition) is 3. The zero-order valence-corrected chi connectivity index (χ0v) is 13.2. The molecule has 4 nitrogen and oxygen atoms in total. The highest BCUT2D eigenvalue weighted by Crippen LogP contribution is 2.46. The number of nitrogens with one attached hydrogen (secondary N) is 1. The van der Waals surface area contributed by atoms with Gasteiger partial charge in [-0.3, -0.25) is 4.79 Å². The molecule has 1 aliphatic carbocycles. The summed E-state index contributed by atoms with van der Waals surface area (Å²) in [5.41, 5.74) is -1.48. The quantitative estimate of drug-likeness (QED) is 0.829. The first kappa shape index (κ1) is 17.2. The van der Waals surface area contributed by atoms with E-state index in [4.69, 9.17) is 4.74 Å². The number of anilines is 1. The van der Waals surface area contributed by atoms with Crippen molar-refractivity contribution in [3.8, 4) is 5.88 Å².